The third-order valence-corrected chi connectivity index (χ3v) is 7.83. The van der Waals surface area contributed by atoms with Crippen molar-refractivity contribution >= 4 is 73.7 Å². The van der Waals surface area contributed by atoms with Gasteiger partial charge in [-0.3, -0.25) is 0 Å². The van der Waals surface area contributed by atoms with Gasteiger partial charge in [-0.2, -0.15) is 0 Å². The number of ether oxygens (including phenoxy) is 1. The minimum atomic E-state index is -1.38. The Kier molecular flexibility index (Phi) is 6.35. The monoisotopic (exact) mass is 651 g/mol. The molecule has 8 heteroatoms. The summed E-state index contributed by atoms with van der Waals surface area (Å²) in [6, 6.07) is 12.0. The highest BCUT2D eigenvalue weighted by Crippen LogP contribution is 2.39. The van der Waals surface area contributed by atoms with Crippen molar-refractivity contribution in [3.8, 4) is 17.2 Å². The Bertz CT molecular complexity index is 719. The van der Waals surface area contributed by atoms with Gasteiger partial charge in [0.15, 0.2) is 3.55 Å². The van der Waals surface area contributed by atoms with Crippen LogP contribution in [-0.4, -0.2) is 19.7 Å². The van der Waals surface area contributed by atoms with E-state index < -0.39 is 9.51 Å². The SMILES string of the molecule is N[C@@](I)(C(=O)O)[C@H](I)c1ccc(Oc2ccc(O)cc2I)cc1. The molecule has 0 aliphatic heterocycles. The lowest BCUT2D eigenvalue weighted by atomic mass is 10.1. The quantitative estimate of drug-likeness (QED) is 0.253. The number of rotatable bonds is 5. The Morgan fingerprint density at radius 2 is 1.83 bits per heavy atom. The fourth-order valence-corrected chi connectivity index (χ4v) is 3.41. The van der Waals surface area contributed by atoms with E-state index in [0.717, 1.165) is 9.13 Å². The first-order valence-electron chi connectivity index (χ1n) is 6.33. The second-order valence-electron chi connectivity index (χ2n) is 4.72. The topological polar surface area (TPSA) is 92.8 Å². The van der Waals surface area contributed by atoms with Gasteiger partial charge in [0.05, 0.1) is 7.49 Å². The van der Waals surface area contributed by atoms with Crippen molar-refractivity contribution in [1.29, 1.82) is 0 Å². The zero-order valence-electron chi connectivity index (χ0n) is 11.5. The van der Waals surface area contributed by atoms with Gasteiger partial charge in [-0.05, 0) is 81.1 Å². The summed E-state index contributed by atoms with van der Waals surface area (Å²) in [5, 5.41) is 18.6. The van der Waals surface area contributed by atoms with E-state index in [9.17, 15) is 15.0 Å². The van der Waals surface area contributed by atoms with Crippen LogP contribution in [0.2, 0.25) is 0 Å². The summed E-state index contributed by atoms with van der Waals surface area (Å²) < 4.78 is 4.78. The van der Waals surface area contributed by atoms with Crippen LogP contribution >= 0.6 is 67.8 Å². The molecule has 0 aliphatic carbocycles. The Morgan fingerprint density at radius 1 is 1.22 bits per heavy atom. The summed E-state index contributed by atoms with van der Waals surface area (Å²) in [7, 11) is 0. The standard InChI is InChI=1S/C15H12I3NO4/c16-11-7-9(20)3-6-12(11)23-10-4-1-8(2-5-10)13(17)15(18,19)14(21)22/h1-7,13,20H,19H2,(H,21,22)/t13-,15-/m1/s1. The molecule has 0 spiro atoms. The number of alkyl halides is 2. The predicted octanol–water partition coefficient (Wildman–Crippen LogP) is 4.44. The molecular formula is C15H12I3NO4. The molecule has 2 aromatic carbocycles. The molecule has 122 valence electrons. The van der Waals surface area contributed by atoms with Crippen LogP contribution in [-0.2, 0) is 4.79 Å². The highest BCUT2D eigenvalue weighted by atomic mass is 127. The fraction of sp³-hybridized carbons (Fsp3) is 0.133. The number of aliphatic carboxylic acids is 1. The number of aromatic hydroxyl groups is 1. The third kappa shape index (κ3) is 4.60. The minimum Gasteiger partial charge on any atom is -0.508 e. The summed E-state index contributed by atoms with van der Waals surface area (Å²) >= 11 is 5.85. The van der Waals surface area contributed by atoms with Crippen molar-refractivity contribution in [2.45, 2.75) is 7.47 Å². The van der Waals surface area contributed by atoms with Gasteiger partial charge in [-0.25, -0.2) is 4.79 Å². The fourth-order valence-electron chi connectivity index (χ4n) is 1.76. The molecule has 0 heterocycles. The summed E-state index contributed by atoms with van der Waals surface area (Å²) in [4.78, 5) is 11.2. The molecule has 0 fully saturated rings. The first-order valence-corrected chi connectivity index (χ1v) is 9.73. The van der Waals surface area contributed by atoms with Crippen molar-refractivity contribution in [3.05, 3.63) is 51.6 Å². The molecule has 2 aromatic rings. The van der Waals surface area contributed by atoms with Crippen LogP contribution in [0.3, 0.4) is 0 Å². The predicted molar refractivity (Wildman–Crippen MR) is 113 cm³/mol. The minimum absolute atomic E-state index is 0.180. The van der Waals surface area contributed by atoms with Crippen molar-refractivity contribution in [2.24, 2.45) is 5.73 Å². The molecule has 0 radical (unpaired) electrons. The van der Waals surface area contributed by atoms with Crippen LogP contribution in [0.25, 0.3) is 0 Å². The lowest BCUT2D eigenvalue weighted by molar-refractivity contribution is -0.139. The number of carboxylic acids is 1. The molecule has 23 heavy (non-hydrogen) atoms. The summed E-state index contributed by atoms with van der Waals surface area (Å²) in [5.74, 6) is 0.374. The Hall–Kier alpha value is -0.340. The molecule has 0 amide bonds. The highest BCUT2D eigenvalue weighted by Gasteiger charge is 2.39. The van der Waals surface area contributed by atoms with Crippen molar-refractivity contribution in [2.75, 3.05) is 0 Å². The van der Waals surface area contributed by atoms with Gasteiger partial charge >= 0.3 is 5.97 Å². The summed E-state index contributed by atoms with van der Waals surface area (Å²) in [5.41, 5.74) is 6.66. The molecule has 4 N–H and O–H groups in total. The van der Waals surface area contributed by atoms with E-state index in [0.29, 0.717) is 11.5 Å². The summed E-state index contributed by atoms with van der Waals surface area (Å²) in [6.45, 7) is 0. The van der Waals surface area contributed by atoms with Gasteiger partial charge in [-0.1, -0.05) is 34.7 Å². The summed E-state index contributed by atoms with van der Waals surface area (Å²) in [6.07, 6.45) is 0. The van der Waals surface area contributed by atoms with Gasteiger partial charge in [-0.15, -0.1) is 0 Å². The largest absolute Gasteiger partial charge is 0.508 e. The number of phenols is 1. The van der Waals surface area contributed by atoms with Crippen LogP contribution < -0.4 is 10.5 Å². The maximum Gasteiger partial charge on any atom is 0.335 e. The van der Waals surface area contributed by atoms with E-state index in [-0.39, 0.29) is 9.67 Å². The van der Waals surface area contributed by atoms with Crippen LogP contribution in [0.1, 0.15) is 9.49 Å². The van der Waals surface area contributed by atoms with Crippen LogP contribution in [0.15, 0.2) is 42.5 Å². The molecule has 0 saturated heterocycles. The Balaban J connectivity index is 2.18. The van der Waals surface area contributed by atoms with Gasteiger partial charge in [0.2, 0.25) is 0 Å². The molecule has 5 nitrogen and oxygen atoms in total. The number of benzene rings is 2. The molecule has 0 saturated carbocycles. The number of nitrogens with two attached hydrogens (primary N) is 1. The Morgan fingerprint density at radius 3 is 2.35 bits per heavy atom. The van der Waals surface area contributed by atoms with Gasteiger partial charge in [0.1, 0.15) is 17.2 Å². The average molecular weight is 651 g/mol. The normalized spacial score (nSPS) is 14.8. The number of hydrogen-bond donors (Lipinski definition) is 3. The third-order valence-electron chi connectivity index (χ3n) is 3.01. The van der Waals surface area contributed by atoms with Gasteiger partial charge in [0.25, 0.3) is 0 Å². The second kappa shape index (κ2) is 7.70. The van der Waals surface area contributed by atoms with E-state index in [2.05, 4.69) is 22.6 Å². The van der Waals surface area contributed by atoms with Crippen molar-refractivity contribution in [3.63, 3.8) is 0 Å². The smallest absolute Gasteiger partial charge is 0.335 e. The first kappa shape index (κ1) is 19.0. The van der Waals surface area contributed by atoms with Crippen molar-refractivity contribution in [1.82, 2.24) is 0 Å². The van der Waals surface area contributed by atoms with E-state index in [1.54, 1.807) is 65.1 Å². The lowest BCUT2D eigenvalue weighted by Crippen LogP contribution is -2.44. The molecular weight excluding hydrogens is 639 g/mol. The highest BCUT2D eigenvalue weighted by molar-refractivity contribution is 14.1. The molecule has 0 unspecified atom stereocenters. The molecule has 0 aliphatic rings. The van der Waals surface area contributed by atoms with Crippen LogP contribution in [0, 0.1) is 3.57 Å². The number of carbonyl (C=O) groups is 1. The van der Waals surface area contributed by atoms with Crippen LogP contribution in [0.4, 0.5) is 0 Å². The number of phenolic OH excluding ortho intramolecular Hbond substituents is 1. The molecule has 0 bridgehead atoms. The van der Waals surface area contributed by atoms with Gasteiger partial charge < -0.3 is 20.7 Å². The lowest BCUT2D eigenvalue weighted by Gasteiger charge is -2.24. The second-order valence-corrected chi connectivity index (χ2v) is 8.91. The molecule has 2 atom stereocenters. The molecule has 2 rings (SSSR count). The zero-order chi connectivity index (χ0) is 17.2. The number of hydrogen-bond acceptors (Lipinski definition) is 4. The first-order chi connectivity index (χ1) is 10.7. The maximum absolute atomic E-state index is 11.2. The van der Waals surface area contributed by atoms with E-state index in [1.165, 1.54) is 0 Å². The van der Waals surface area contributed by atoms with E-state index in [1.807, 2.05) is 22.6 Å². The number of carboxylic acid groups (broad SMARTS) is 1. The zero-order valence-corrected chi connectivity index (χ0v) is 18.0. The van der Waals surface area contributed by atoms with Crippen LogP contribution in [0.5, 0.6) is 17.2 Å². The van der Waals surface area contributed by atoms with E-state index in [4.69, 9.17) is 10.5 Å². The number of halogens is 3. The van der Waals surface area contributed by atoms with Gasteiger partial charge in [0, 0.05) is 0 Å². The van der Waals surface area contributed by atoms with E-state index >= 15 is 0 Å². The molecule has 0 aromatic heterocycles. The van der Waals surface area contributed by atoms with Crippen molar-refractivity contribution < 1.29 is 19.7 Å². The average Bonchev–Trinajstić information content (AvgIpc) is 2.50. The maximum atomic E-state index is 11.2. The Labute approximate surface area is 174 Å².